The number of phenols is 2. The number of phenolic OH excluding ortho intramolecular Hbond substituents is 2. The van der Waals surface area contributed by atoms with Gasteiger partial charge in [0.15, 0.2) is 0 Å². The van der Waals surface area contributed by atoms with Gasteiger partial charge in [-0.25, -0.2) is 0 Å². The molecule has 6 rings (SSSR count). The van der Waals surface area contributed by atoms with Crippen molar-refractivity contribution in [2.24, 2.45) is 0 Å². The summed E-state index contributed by atoms with van der Waals surface area (Å²) >= 11 is 0. The maximum absolute atomic E-state index is 11.2. The minimum Gasteiger partial charge on any atom is -0.507 e. The molecule has 200 valence electrons. The third-order valence-corrected chi connectivity index (χ3v) is 7.81. The zero-order valence-electron chi connectivity index (χ0n) is 22.1. The van der Waals surface area contributed by atoms with E-state index >= 15 is 0 Å². The third-order valence-electron chi connectivity index (χ3n) is 7.81. The summed E-state index contributed by atoms with van der Waals surface area (Å²) < 4.78 is 24.4. The van der Waals surface area contributed by atoms with Gasteiger partial charge in [0, 0.05) is 40.8 Å². The number of rotatable bonds is 6. The number of methoxy groups -OCH3 is 2. The highest BCUT2D eigenvalue weighted by molar-refractivity contribution is 5.64. The molecule has 0 spiro atoms. The Morgan fingerprint density at radius 3 is 1.46 bits per heavy atom. The van der Waals surface area contributed by atoms with Gasteiger partial charge in [0.1, 0.15) is 46.7 Å². The zero-order chi connectivity index (χ0) is 26.9. The molecule has 4 aromatic carbocycles. The van der Waals surface area contributed by atoms with Crippen LogP contribution in [-0.4, -0.2) is 24.4 Å². The molecule has 6 heteroatoms. The maximum Gasteiger partial charge on any atom is 0.134 e. The standard InChI is InChI=1S/C33H32O6/c1-36-30-18-26(34)24(32-22(30)13-15-28(38-32)20-9-5-3-6-10-20)17-25-27(35)19-31(37-2)23-14-16-29(39-33(23)25)21-11-7-4-8-12-21/h3-12,18-19,28-29,34-35H,13-17H2,1-2H3/t28-,29-/m0/s1. The predicted molar refractivity (Wildman–Crippen MR) is 148 cm³/mol. The van der Waals surface area contributed by atoms with Crippen LogP contribution >= 0.6 is 0 Å². The average Bonchev–Trinajstić information content (AvgIpc) is 2.99. The molecule has 2 atom stereocenters. The number of ether oxygens (including phenoxy) is 4. The van der Waals surface area contributed by atoms with Crippen LogP contribution in [0, 0.1) is 0 Å². The van der Waals surface area contributed by atoms with Gasteiger partial charge in [0.25, 0.3) is 0 Å². The summed E-state index contributed by atoms with van der Waals surface area (Å²) in [5.74, 6) is 2.51. The monoisotopic (exact) mass is 524 g/mol. The van der Waals surface area contributed by atoms with Gasteiger partial charge in [0.05, 0.1) is 14.2 Å². The minimum atomic E-state index is -0.152. The Hall–Kier alpha value is -4.32. The topological polar surface area (TPSA) is 77.4 Å². The lowest BCUT2D eigenvalue weighted by Crippen LogP contribution is -2.19. The molecular formula is C33H32O6. The van der Waals surface area contributed by atoms with E-state index in [1.165, 1.54) is 0 Å². The second-order valence-corrected chi connectivity index (χ2v) is 10.1. The van der Waals surface area contributed by atoms with Gasteiger partial charge < -0.3 is 29.2 Å². The highest BCUT2D eigenvalue weighted by atomic mass is 16.5. The Balaban J connectivity index is 1.44. The van der Waals surface area contributed by atoms with Crippen LogP contribution in [0.2, 0.25) is 0 Å². The first kappa shape index (κ1) is 25.0. The van der Waals surface area contributed by atoms with Crippen LogP contribution in [0.15, 0.2) is 72.8 Å². The number of hydrogen-bond donors (Lipinski definition) is 2. The predicted octanol–water partition coefficient (Wildman–Crippen LogP) is 6.84. The molecule has 0 bridgehead atoms. The Morgan fingerprint density at radius 1 is 0.667 bits per heavy atom. The number of benzene rings is 4. The van der Waals surface area contributed by atoms with Crippen LogP contribution in [0.4, 0.5) is 0 Å². The van der Waals surface area contributed by atoms with Crippen LogP contribution in [0.3, 0.4) is 0 Å². The molecule has 39 heavy (non-hydrogen) atoms. The number of hydrogen-bond acceptors (Lipinski definition) is 6. The molecule has 0 radical (unpaired) electrons. The summed E-state index contributed by atoms with van der Waals surface area (Å²) in [6.07, 6.45) is 2.99. The lowest BCUT2D eigenvalue weighted by atomic mass is 9.89. The van der Waals surface area contributed by atoms with Crippen LogP contribution in [0.5, 0.6) is 34.5 Å². The largest absolute Gasteiger partial charge is 0.507 e. The van der Waals surface area contributed by atoms with Crippen molar-refractivity contribution in [2.45, 2.75) is 44.3 Å². The molecule has 2 aliphatic heterocycles. The number of aromatic hydroxyl groups is 2. The van der Waals surface area contributed by atoms with Crippen LogP contribution in [-0.2, 0) is 19.3 Å². The fourth-order valence-corrected chi connectivity index (χ4v) is 5.82. The molecule has 2 aliphatic rings. The first-order valence-corrected chi connectivity index (χ1v) is 13.3. The maximum atomic E-state index is 11.2. The van der Waals surface area contributed by atoms with Crippen molar-refractivity contribution >= 4 is 0 Å². The summed E-state index contributed by atoms with van der Waals surface area (Å²) in [5, 5.41) is 22.4. The van der Waals surface area contributed by atoms with E-state index < -0.39 is 0 Å². The van der Waals surface area contributed by atoms with E-state index in [1.54, 1.807) is 26.4 Å². The van der Waals surface area contributed by atoms with E-state index in [9.17, 15) is 10.2 Å². The van der Waals surface area contributed by atoms with E-state index in [1.807, 2.05) is 36.4 Å². The summed E-state index contributed by atoms with van der Waals surface area (Å²) in [5.41, 5.74) is 5.19. The van der Waals surface area contributed by atoms with Crippen molar-refractivity contribution in [3.8, 4) is 34.5 Å². The molecule has 0 amide bonds. The van der Waals surface area contributed by atoms with E-state index in [0.29, 0.717) is 34.1 Å². The second-order valence-electron chi connectivity index (χ2n) is 10.1. The van der Waals surface area contributed by atoms with Crippen molar-refractivity contribution in [2.75, 3.05) is 14.2 Å². The SMILES string of the molecule is COc1cc(O)c(Cc2c(O)cc(OC)c3c2O[C@H](c2ccccc2)CC3)c2c1CC[C@@H](c1ccccc1)O2. The average molecular weight is 525 g/mol. The fourth-order valence-electron chi connectivity index (χ4n) is 5.82. The highest BCUT2D eigenvalue weighted by Gasteiger charge is 2.32. The quantitative estimate of drug-likeness (QED) is 0.288. The van der Waals surface area contributed by atoms with Gasteiger partial charge in [-0.1, -0.05) is 60.7 Å². The van der Waals surface area contributed by atoms with Crippen LogP contribution < -0.4 is 18.9 Å². The Kier molecular flexibility index (Phi) is 6.69. The van der Waals surface area contributed by atoms with Gasteiger partial charge in [-0.2, -0.15) is 0 Å². The zero-order valence-corrected chi connectivity index (χ0v) is 22.1. The molecule has 0 unspecified atom stereocenters. The van der Waals surface area contributed by atoms with E-state index in [0.717, 1.165) is 47.9 Å². The van der Waals surface area contributed by atoms with Crippen molar-refractivity contribution < 1.29 is 29.2 Å². The molecule has 0 aromatic heterocycles. The summed E-state index contributed by atoms with van der Waals surface area (Å²) in [6.45, 7) is 0. The van der Waals surface area contributed by atoms with Gasteiger partial charge >= 0.3 is 0 Å². The lowest BCUT2D eigenvalue weighted by molar-refractivity contribution is 0.169. The van der Waals surface area contributed by atoms with E-state index in [2.05, 4.69) is 24.3 Å². The third kappa shape index (κ3) is 4.60. The lowest BCUT2D eigenvalue weighted by Gasteiger charge is -2.32. The van der Waals surface area contributed by atoms with Crippen molar-refractivity contribution in [3.63, 3.8) is 0 Å². The molecule has 4 aromatic rings. The molecule has 0 saturated heterocycles. The number of fused-ring (bicyclic) bond motifs is 2. The fraction of sp³-hybridized carbons (Fsp3) is 0.273. The van der Waals surface area contributed by atoms with Gasteiger partial charge in [0.2, 0.25) is 0 Å². The summed E-state index contributed by atoms with van der Waals surface area (Å²) in [6, 6.07) is 23.5. The highest BCUT2D eigenvalue weighted by Crippen LogP contribution is 2.50. The summed E-state index contributed by atoms with van der Waals surface area (Å²) in [4.78, 5) is 0. The van der Waals surface area contributed by atoms with Gasteiger partial charge in [-0.3, -0.25) is 0 Å². The molecule has 0 aliphatic carbocycles. The van der Waals surface area contributed by atoms with Crippen molar-refractivity contribution in [1.29, 1.82) is 0 Å². The van der Waals surface area contributed by atoms with Crippen molar-refractivity contribution in [1.82, 2.24) is 0 Å². The molecule has 2 N–H and O–H groups in total. The van der Waals surface area contributed by atoms with Gasteiger partial charge in [-0.05, 0) is 36.8 Å². The van der Waals surface area contributed by atoms with E-state index in [4.69, 9.17) is 18.9 Å². The Morgan fingerprint density at radius 2 is 1.08 bits per heavy atom. The Labute approximate surface area is 228 Å². The van der Waals surface area contributed by atoms with Crippen molar-refractivity contribution in [3.05, 3.63) is 106 Å². The first-order chi connectivity index (χ1) is 19.1. The minimum absolute atomic E-state index is 0.0544. The second kappa shape index (κ2) is 10.4. The summed E-state index contributed by atoms with van der Waals surface area (Å²) in [7, 11) is 3.20. The smallest absolute Gasteiger partial charge is 0.134 e. The van der Waals surface area contributed by atoms with Crippen LogP contribution in [0.25, 0.3) is 0 Å². The Bertz CT molecular complexity index is 1370. The molecule has 2 heterocycles. The molecule has 0 fully saturated rings. The normalized spacial score (nSPS) is 17.8. The molecule has 0 saturated carbocycles. The van der Waals surface area contributed by atoms with E-state index in [-0.39, 0.29) is 30.1 Å². The molecule has 6 nitrogen and oxygen atoms in total. The van der Waals surface area contributed by atoms with Crippen LogP contribution in [0.1, 0.15) is 58.4 Å². The molecular weight excluding hydrogens is 492 g/mol. The van der Waals surface area contributed by atoms with Gasteiger partial charge in [-0.15, -0.1) is 0 Å². The first-order valence-electron chi connectivity index (χ1n) is 13.3.